The van der Waals surface area contributed by atoms with Gasteiger partial charge in [0.2, 0.25) is 0 Å². The Bertz CT molecular complexity index is 538. The number of alkyl halides is 6. The molecule has 0 amide bonds. The van der Waals surface area contributed by atoms with E-state index in [4.69, 9.17) is 0 Å². The van der Waals surface area contributed by atoms with Crippen LogP contribution in [0.3, 0.4) is 0 Å². The number of non-ortho nitro benzene ring substituents is 1. The van der Waals surface area contributed by atoms with E-state index < -0.39 is 23.3 Å². The Kier molecular flexibility index (Phi) is 4.12. The summed E-state index contributed by atoms with van der Waals surface area (Å²) in [4.78, 5) is 11.8. The molecular formula is C10H4F6N2O2. The number of hydrogen-bond acceptors (Lipinski definition) is 2. The molecule has 4 nitrogen and oxygen atoms in total. The van der Waals surface area contributed by atoms with Gasteiger partial charge in [0.05, 0.1) is 11.0 Å². The standard InChI is InChI=1S/C10H4F6N2O2/c11-9(12,13)8(10(14,15)16)17-5-6-1-3-7(4-2-6)18(19)20/h1-4H. The van der Waals surface area contributed by atoms with Gasteiger partial charge in [0.15, 0.2) is 0 Å². The molecule has 0 aliphatic heterocycles. The molecule has 20 heavy (non-hydrogen) atoms. The molecule has 1 rings (SSSR count). The van der Waals surface area contributed by atoms with Gasteiger partial charge >= 0.3 is 18.4 Å². The Hall–Kier alpha value is -2.44. The van der Waals surface area contributed by atoms with Crippen LogP contribution in [-0.4, -0.2) is 17.3 Å². The second-order valence-electron chi connectivity index (χ2n) is 3.37. The zero-order chi connectivity index (χ0) is 15.6. The van der Waals surface area contributed by atoms with Crippen molar-refractivity contribution in [1.29, 1.82) is 0 Å². The third-order valence-electron chi connectivity index (χ3n) is 1.91. The molecule has 0 radical (unpaired) electrons. The monoisotopic (exact) mass is 298 g/mol. The number of nitro benzene ring substituents is 1. The minimum atomic E-state index is -5.67. The molecule has 0 unspecified atom stereocenters. The van der Waals surface area contributed by atoms with Crippen LogP contribution in [0.1, 0.15) is 5.56 Å². The largest absolute Gasteiger partial charge is 0.424 e. The van der Waals surface area contributed by atoms with Crippen LogP contribution >= 0.6 is 0 Å². The highest BCUT2D eigenvalue weighted by molar-refractivity contribution is 5.40. The lowest BCUT2D eigenvalue weighted by atomic mass is 10.2. The first-order chi connectivity index (χ1) is 9.01. The Morgan fingerprint density at radius 3 is 1.85 bits per heavy atom. The topological polar surface area (TPSA) is 47.5 Å². The highest BCUT2D eigenvalue weighted by Crippen LogP contribution is 2.42. The molecule has 1 aromatic rings. The van der Waals surface area contributed by atoms with Crippen molar-refractivity contribution in [2.75, 3.05) is 0 Å². The van der Waals surface area contributed by atoms with Gasteiger partial charge in [-0.3, -0.25) is 10.1 Å². The van der Waals surface area contributed by atoms with Crippen molar-refractivity contribution in [3.05, 3.63) is 50.8 Å². The highest BCUT2D eigenvalue weighted by Gasteiger charge is 2.59. The maximum absolute atomic E-state index is 12.1. The summed E-state index contributed by atoms with van der Waals surface area (Å²) in [6.07, 6.45) is -11.3. The SMILES string of the molecule is O=[N+]([O-])c1ccc(C#[N+][C-](C(F)(F)F)C(F)(F)F)cc1. The van der Waals surface area contributed by atoms with Crippen LogP contribution in [0.2, 0.25) is 0 Å². The minimum absolute atomic E-state index is 0.262. The zero-order valence-corrected chi connectivity index (χ0v) is 9.29. The van der Waals surface area contributed by atoms with Crippen LogP contribution < -0.4 is 0 Å². The number of benzene rings is 1. The fraction of sp³-hybridized carbons (Fsp3) is 0.200. The third kappa shape index (κ3) is 4.04. The van der Waals surface area contributed by atoms with E-state index in [1.54, 1.807) is 6.07 Å². The fourth-order valence-corrected chi connectivity index (χ4v) is 1.07. The van der Waals surface area contributed by atoms with Crippen molar-refractivity contribution >= 4 is 5.69 Å². The maximum Gasteiger partial charge on any atom is 0.424 e. The van der Waals surface area contributed by atoms with E-state index in [9.17, 15) is 36.5 Å². The van der Waals surface area contributed by atoms with Crippen LogP contribution in [0, 0.1) is 22.2 Å². The van der Waals surface area contributed by atoms with Crippen LogP contribution in [0.5, 0.6) is 0 Å². The number of hydrogen-bond donors (Lipinski definition) is 0. The lowest BCUT2D eigenvalue weighted by molar-refractivity contribution is -0.384. The highest BCUT2D eigenvalue weighted by atomic mass is 19.4. The molecule has 0 saturated carbocycles. The average molecular weight is 298 g/mol. The quantitative estimate of drug-likeness (QED) is 0.341. The van der Waals surface area contributed by atoms with Gasteiger partial charge in [0, 0.05) is 12.1 Å². The van der Waals surface area contributed by atoms with Crippen LogP contribution in [0.15, 0.2) is 24.3 Å². The molecule has 0 spiro atoms. The van der Waals surface area contributed by atoms with Crippen molar-refractivity contribution < 1.29 is 31.3 Å². The first-order valence-corrected chi connectivity index (χ1v) is 4.74. The molecule has 0 heterocycles. The second-order valence-corrected chi connectivity index (χ2v) is 3.37. The van der Waals surface area contributed by atoms with E-state index in [-0.39, 0.29) is 11.3 Å². The molecule has 0 fully saturated rings. The van der Waals surface area contributed by atoms with Gasteiger partial charge in [-0.05, 0) is 5.56 Å². The van der Waals surface area contributed by atoms with Crippen molar-refractivity contribution in [1.82, 2.24) is 0 Å². The molecule has 0 aliphatic carbocycles. The van der Waals surface area contributed by atoms with E-state index in [0.29, 0.717) is 0 Å². The van der Waals surface area contributed by atoms with E-state index in [1.165, 1.54) is 0 Å². The molecule has 0 bridgehead atoms. The van der Waals surface area contributed by atoms with E-state index in [1.807, 2.05) is 0 Å². The molecular weight excluding hydrogens is 294 g/mol. The third-order valence-corrected chi connectivity index (χ3v) is 1.91. The molecule has 1 aromatic carbocycles. The number of halogens is 6. The van der Waals surface area contributed by atoms with Crippen LogP contribution in [-0.2, 0) is 0 Å². The summed E-state index contributed by atoms with van der Waals surface area (Å²) < 4.78 is 72.7. The van der Waals surface area contributed by atoms with Gasteiger partial charge in [-0.2, -0.15) is 26.3 Å². The molecule has 0 aromatic heterocycles. The van der Waals surface area contributed by atoms with Crippen LogP contribution in [0.25, 0.3) is 4.85 Å². The van der Waals surface area contributed by atoms with Gasteiger partial charge in [-0.1, -0.05) is 12.1 Å². The second kappa shape index (κ2) is 5.28. The van der Waals surface area contributed by atoms with Gasteiger partial charge in [0.1, 0.15) is 0 Å². The fourth-order valence-electron chi connectivity index (χ4n) is 1.07. The van der Waals surface area contributed by atoms with E-state index in [2.05, 4.69) is 4.85 Å². The van der Waals surface area contributed by atoms with Gasteiger partial charge in [-0.15, -0.1) is 0 Å². The predicted molar refractivity (Wildman–Crippen MR) is 54.8 cm³/mol. The normalized spacial score (nSPS) is 11.5. The number of nitrogens with zero attached hydrogens (tertiary/aromatic N) is 2. The smallest absolute Gasteiger partial charge is 0.258 e. The molecule has 0 atom stereocenters. The summed E-state index contributed by atoms with van der Waals surface area (Å²) in [5.41, 5.74) is -0.631. The minimum Gasteiger partial charge on any atom is -0.258 e. The predicted octanol–water partition coefficient (Wildman–Crippen LogP) is 3.93. The van der Waals surface area contributed by atoms with Crippen molar-refractivity contribution in [2.45, 2.75) is 12.4 Å². The Morgan fingerprint density at radius 2 is 1.50 bits per heavy atom. The summed E-state index contributed by atoms with van der Waals surface area (Å²) in [6, 6.07) is 2.24. The molecule has 108 valence electrons. The van der Waals surface area contributed by atoms with Crippen LogP contribution in [0.4, 0.5) is 32.0 Å². The van der Waals surface area contributed by atoms with Gasteiger partial charge in [-0.25, -0.2) is 4.85 Å². The summed E-state index contributed by atoms with van der Waals surface area (Å²) in [5.74, 6) is 0. The van der Waals surface area contributed by atoms with Gasteiger partial charge in [0.25, 0.3) is 5.69 Å². The number of nitro groups is 1. The van der Waals surface area contributed by atoms with Crippen molar-refractivity contribution in [3.63, 3.8) is 0 Å². The molecule has 0 N–H and O–H groups in total. The molecule has 0 saturated heterocycles. The van der Waals surface area contributed by atoms with E-state index in [0.717, 1.165) is 24.3 Å². The van der Waals surface area contributed by atoms with Crippen molar-refractivity contribution in [2.24, 2.45) is 0 Å². The first kappa shape index (κ1) is 15.6. The zero-order valence-electron chi connectivity index (χ0n) is 9.29. The summed E-state index contributed by atoms with van der Waals surface area (Å²) >= 11 is 0. The summed E-state index contributed by atoms with van der Waals surface area (Å²) in [6.45, 7) is 0. The number of rotatable bonds is 1. The Balaban J connectivity index is 3.04. The summed E-state index contributed by atoms with van der Waals surface area (Å²) in [7, 11) is 0. The molecule has 10 heteroatoms. The maximum atomic E-state index is 12.1. The lowest BCUT2D eigenvalue weighted by Gasteiger charge is -2.15. The summed E-state index contributed by atoms with van der Waals surface area (Å²) in [5, 5.41) is 10.3. The average Bonchev–Trinajstić information content (AvgIpc) is 2.26. The van der Waals surface area contributed by atoms with Crippen molar-refractivity contribution in [3.8, 4) is 6.07 Å². The first-order valence-electron chi connectivity index (χ1n) is 4.74. The van der Waals surface area contributed by atoms with E-state index >= 15 is 0 Å². The molecule has 0 aliphatic rings. The lowest BCUT2D eigenvalue weighted by Crippen LogP contribution is -2.31. The Morgan fingerprint density at radius 1 is 1.05 bits per heavy atom. The Labute approximate surface area is 107 Å². The van der Waals surface area contributed by atoms with Gasteiger partial charge < -0.3 is 0 Å².